The first-order valence-electron chi connectivity index (χ1n) is 12.8. The molecule has 1 fully saturated rings. The number of amides is 2. The van der Waals surface area contributed by atoms with Crippen LogP contribution < -0.4 is 9.80 Å². The molecule has 0 radical (unpaired) electrons. The molecule has 0 unspecified atom stereocenters. The lowest BCUT2D eigenvalue weighted by atomic mass is 9.91. The van der Waals surface area contributed by atoms with Gasteiger partial charge in [0.15, 0.2) is 5.11 Å². The van der Waals surface area contributed by atoms with Crippen LogP contribution in [0.15, 0.2) is 103 Å². The molecule has 0 aliphatic carbocycles. The summed E-state index contributed by atoms with van der Waals surface area (Å²) in [5.41, 5.74) is 5.44. The predicted octanol–water partition coefficient (Wildman–Crippen LogP) is 7.67. The van der Waals surface area contributed by atoms with Gasteiger partial charge in [0.25, 0.3) is 11.8 Å². The Kier molecular flexibility index (Phi) is 6.09. The number of para-hydroxylation sites is 1. The van der Waals surface area contributed by atoms with Crippen molar-refractivity contribution in [3.63, 3.8) is 0 Å². The Labute approximate surface area is 232 Å². The zero-order chi connectivity index (χ0) is 27.3. The number of nitrogens with zero attached hydrogens (tertiary/aromatic N) is 2. The third kappa shape index (κ3) is 4.03. The zero-order valence-corrected chi connectivity index (χ0v) is 22.8. The van der Waals surface area contributed by atoms with Gasteiger partial charge in [0.2, 0.25) is 0 Å². The van der Waals surface area contributed by atoms with Crippen LogP contribution in [0.3, 0.4) is 0 Å². The Hall–Kier alpha value is -4.61. The Morgan fingerprint density at radius 2 is 1.10 bits per heavy atom. The van der Waals surface area contributed by atoms with Crippen molar-refractivity contribution in [2.45, 2.75) is 20.8 Å². The molecule has 6 rings (SSSR count). The number of carbonyl (C=O) groups is 2. The number of fused-ring (bicyclic) bond motifs is 2. The lowest BCUT2D eigenvalue weighted by Crippen LogP contribution is -2.57. The summed E-state index contributed by atoms with van der Waals surface area (Å²) in [5, 5.41) is 4.27. The summed E-state index contributed by atoms with van der Waals surface area (Å²) in [6.07, 6.45) is 1.75. The summed E-state index contributed by atoms with van der Waals surface area (Å²) >= 11 is 5.81. The molecule has 190 valence electrons. The predicted molar refractivity (Wildman–Crippen MR) is 164 cm³/mol. The number of carbonyl (C=O) groups excluding carboxylic acids is 2. The fourth-order valence-corrected chi connectivity index (χ4v) is 5.68. The maximum absolute atomic E-state index is 14.2. The average molecular weight is 527 g/mol. The van der Waals surface area contributed by atoms with E-state index >= 15 is 0 Å². The quantitative estimate of drug-likeness (QED) is 0.105. The van der Waals surface area contributed by atoms with Gasteiger partial charge in [-0.3, -0.25) is 19.4 Å². The fraction of sp³-hybridized carbons (Fsp3) is 0.0882. The summed E-state index contributed by atoms with van der Waals surface area (Å²) < 4.78 is 0. The smallest absolute Gasteiger partial charge is 0.268 e. The zero-order valence-electron chi connectivity index (χ0n) is 21.9. The molecular formula is C34H26N2O2S. The molecule has 0 saturated carbocycles. The molecule has 5 aromatic carbocycles. The Balaban J connectivity index is 1.63. The summed E-state index contributed by atoms with van der Waals surface area (Å²) in [5.74, 6) is -0.876. The van der Waals surface area contributed by atoms with Gasteiger partial charge in [-0.2, -0.15) is 0 Å². The van der Waals surface area contributed by atoms with E-state index < -0.39 is 11.8 Å². The minimum absolute atomic E-state index is 0.0600. The molecule has 5 heteroatoms. The largest absolute Gasteiger partial charge is 0.270 e. The van der Waals surface area contributed by atoms with Gasteiger partial charge in [-0.25, -0.2) is 0 Å². The Morgan fingerprint density at radius 3 is 1.67 bits per heavy atom. The average Bonchev–Trinajstić information content (AvgIpc) is 2.95. The second-order valence-corrected chi connectivity index (χ2v) is 10.2. The normalized spacial score (nSPS) is 15.2. The third-order valence-corrected chi connectivity index (χ3v) is 7.91. The molecule has 4 nitrogen and oxygen atoms in total. The van der Waals surface area contributed by atoms with Crippen LogP contribution in [0.1, 0.15) is 22.3 Å². The van der Waals surface area contributed by atoms with Gasteiger partial charge in [0.1, 0.15) is 5.57 Å². The molecule has 1 saturated heterocycles. The molecule has 0 atom stereocenters. The van der Waals surface area contributed by atoms with Gasteiger partial charge in [-0.05, 0) is 107 Å². The van der Waals surface area contributed by atoms with Gasteiger partial charge >= 0.3 is 0 Å². The van der Waals surface area contributed by atoms with Crippen molar-refractivity contribution in [3.8, 4) is 0 Å². The Bertz CT molecular complexity index is 1800. The lowest BCUT2D eigenvalue weighted by molar-refractivity contribution is -0.120. The highest BCUT2D eigenvalue weighted by Gasteiger charge is 2.41. The van der Waals surface area contributed by atoms with Crippen molar-refractivity contribution in [1.82, 2.24) is 0 Å². The second kappa shape index (κ2) is 9.61. The molecule has 1 aliphatic heterocycles. The monoisotopic (exact) mass is 526 g/mol. The highest BCUT2D eigenvalue weighted by atomic mass is 32.1. The molecule has 5 aromatic rings. The summed E-state index contributed by atoms with van der Waals surface area (Å²) in [6, 6.07) is 31.2. The van der Waals surface area contributed by atoms with Crippen molar-refractivity contribution >= 4 is 68.1 Å². The number of aryl methyl sites for hydroxylation is 3. The van der Waals surface area contributed by atoms with E-state index in [0.717, 1.165) is 43.8 Å². The molecule has 1 aliphatic rings. The van der Waals surface area contributed by atoms with Crippen LogP contribution in [-0.4, -0.2) is 16.9 Å². The Morgan fingerprint density at radius 1 is 0.590 bits per heavy atom. The number of hydrogen-bond acceptors (Lipinski definition) is 3. The van der Waals surface area contributed by atoms with E-state index in [4.69, 9.17) is 12.2 Å². The molecule has 1 heterocycles. The van der Waals surface area contributed by atoms with Gasteiger partial charge in [0, 0.05) is 0 Å². The standard InChI is InChI=1S/C34H26N2O2S/c1-21-17-18-25(19-22(21)2)36-33(38)31(32(37)35(34(36)39)24-11-5-4-6-12-24)20-30-28-15-9-7-13-26(28)23(3)27-14-8-10-16-29(27)30/h4-20H,1-3H3/b31-20+. The maximum Gasteiger partial charge on any atom is 0.270 e. The molecule has 0 aromatic heterocycles. The van der Waals surface area contributed by atoms with Gasteiger partial charge in [-0.1, -0.05) is 72.8 Å². The summed E-state index contributed by atoms with van der Waals surface area (Å²) in [4.78, 5) is 31.2. The molecule has 0 bridgehead atoms. The number of benzene rings is 5. The van der Waals surface area contributed by atoms with Crippen LogP contribution in [0.2, 0.25) is 0 Å². The molecule has 0 N–H and O–H groups in total. The van der Waals surface area contributed by atoms with Crippen LogP contribution in [0.25, 0.3) is 27.6 Å². The highest BCUT2D eigenvalue weighted by molar-refractivity contribution is 7.81. The molecule has 0 spiro atoms. The van der Waals surface area contributed by atoms with Crippen molar-refractivity contribution in [2.75, 3.05) is 9.80 Å². The molecule has 2 amide bonds. The summed E-state index contributed by atoms with van der Waals surface area (Å²) in [6.45, 7) is 6.13. The van der Waals surface area contributed by atoms with Crippen LogP contribution in [0, 0.1) is 20.8 Å². The van der Waals surface area contributed by atoms with Crippen LogP contribution >= 0.6 is 12.2 Å². The number of thiocarbonyl (C=S) groups is 1. The first-order chi connectivity index (χ1) is 18.9. The summed E-state index contributed by atoms with van der Waals surface area (Å²) in [7, 11) is 0. The van der Waals surface area contributed by atoms with Crippen molar-refractivity contribution in [2.24, 2.45) is 0 Å². The minimum atomic E-state index is -0.440. The second-order valence-electron chi connectivity index (χ2n) is 9.86. The van der Waals surface area contributed by atoms with E-state index in [1.54, 1.807) is 6.08 Å². The van der Waals surface area contributed by atoms with Crippen molar-refractivity contribution in [3.05, 3.63) is 125 Å². The van der Waals surface area contributed by atoms with E-state index in [9.17, 15) is 9.59 Å². The number of anilines is 2. The molecular weight excluding hydrogens is 500 g/mol. The van der Waals surface area contributed by atoms with Crippen molar-refractivity contribution in [1.29, 1.82) is 0 Å². The highest BCUT2D eigenvalue weighted by Crippen LogP contribution is 2.36. The lowest BCUT2D eigenvalue weighted by Gasteiger charge is -2.36. The van der Waals surface area contributed by atoms with E-state index in [0.29, 0.717) is 11.4 Å². The molecule has 39 heavy (non-hydrogen) atoms. The van der Waals surface area contributed by atoms with E-state index in [2.05, 4.69) is 19.1 Å². The SMILES string of the molecule is Cc1ccc(N2C(=O)/C(=C/c3c4ccccc4c(C)c4ccccc34)C(=O)N(c3ccccc3)C2=S)cc1C. The van der Waals surface area contributed by atoms with E-state index in [1.807, 2.05) is 98.8 Å². The van der Waals surface area contributed by atoms with Crippen LogP contribution in [0.5, 0.6) is 0 Å². The van der Waals surface area contributed by atoms with Gasteiger partial charge in [-0.15, -0.1) is 0 Å². The van der Waals surface area contributed by atoms with E-state index in [1.165, 1.54) is 9.80 Å². The fourth-order valence-electron chi connectivity index (χ4n) is 5.31. The van der Waals surface area contributed by atoms with Crippen LogP contribution in [0.4, 0.5) is 11.4 Å². The topological polar surface area (TPSA) is 40.6 Å². The van der Waals surface area contributed by atoms with Gasteiger partial charge < -0.3 is 0 Å². The third-order valence-electron chi connectivity index (χ3n) is 7.54. The number of rotatable bonds is 3. The first kappa shape index (κ1) is 24.7. The van der Waals surface area contributed by atoms with Crippen LogP contribution in [-0.2, 0) is 9.59 Å². The van der Waals surface area contributed by atoms with Crippen molar-refractivity contribution < 1.29 is 9.59 Å². The first-order valence-corrected chi connectivity index (χ1v) is 13.2. The van der Waals surface area contributed by atoms with E-state index in [-0.39, 0.29) is 10.7 Å². The minimum Gasteiger partial charge on any atom is -0.268 e. The van der Waals surface area contributed by atoms with Gasteiger partial charge in [0.05, 0.1) is 11.4 Å². The number of hydrogen-bond donors (Lipinski definition) is 0. The maximum atomic E-state index is 14.2.